The van der Waals surface area contributed by atoms with Crippen molar-refractivity contribution in [1.29, 1.82) is 0 Å². The maximum Gasteiger partial charge on any atom is 0.311 e. The minimum atomic E-state index is -0.805. The molecule has 2 aliphatic rings. The molecule has 3 aromatic rings. The number of carboxylic acids is 1. The van der Waals surface area contributed by atoms with Crippen molar-refractivity contribution < 1.29 is 24.5 Å². The lowest BCUT2D eigenvalue weighted by atomic mass is 9.94. The molecule has 34 heavy (non-hydrogen) atoms. The van der Waals surface area contributed by atoms with Crippen LogP contribution in [0.3, 0.4) is 0 Å². The topological polar surface area (TPSA) is 88.0 Å². The first kappa shape index (κ1) is 23.3. The van der Waals surface area contributed by atoms with Gasteiger partial charge in [-0.1, -0.05) is 30.3 Å². The Labute approximate surface area is 203 Å². The molecule has 0 amide bonds. The smallest absolute Gasteiger partial charge is 0.311 e. The van der Waals surface area contributed by atoms with Crippen molar-refractivity contribution in [3.63, 3.8) is 0 Å². The third kappa shape index (κ3) is 4.58. The van der Waals surface area contributed by atoms with Gasteiger partial charge in [-0.3, -0.25) is 4.79 Å². The summed E-state index contributed by atoms with van der Waals surface area (Å²) in [7, 11) is 0. The predicted octanol–water partition coefficient (Wildman–Crippen LogP) is 4.51. The number of fused-ring (bicyclic) bond motifs is 4. The van der Waals surface area contributed by atoms with Gasteiger partial charge in [0.1, 0.15) is 17.8 Å². The highest BCUT2D eigenvalue weighted by Crippen LogP contribution is 2.59. The Hall–Kier alpha value is -2.45. The molecular formula is C27H31NO5S. The van der Waals surface area contributed by atoms with Crippen LogP contribution in [0.5, 0.6) is 5.75 Å². The Morgan fingerprint density at radius 1 is 1.26 bits per heavy atom. The number of hydrogen-bond acceptors (Lipinski definition) is 6. The first-order valence-electron chi connectivity index (χ1n) is 11.8. The number of aliphatic hydroxyl groups excluding tert-OH is 1. The monoisotopic (exact) mass is 481 g/mol. The lowest BCUT2D eigenvalue weighted by Gasteiger charge is -2.28. The number of benzene rings is 2. The molecule has 1 aliphatic heterocycles. The number of para-hydroxylation sites is 1. The van der Waals surface area contributed by atoms with Gasteiger partial charge in [-0.05, 0) is 55.7 Å². The standard InChI is InChI=1S/C27H31NO5S/c1-15(19-5-4-6-20-22-23(26(30)31)25(22)33-24(19)20)32-14-18(29)13-28-27(2,3)12-16-7-8-21-17(11-16)9-10-34-21/h4-11,15,18,22-23,25,28-29H,12-14H2,1-3H3,(H,30,31)/t15-,18?,22+,23+,25+/m1/s1. The van der Waals surface area contributed by atoms with Crippen molar-refractivity contribution in [1.82, 2.24) is 5.32 Å². The van der Waals surface area contributed by atoms with Crippen LogP contribution in [0.15, 0.2) is 47.8 Å². The van der Waals surface area contributed by atoms with Crippen LogP contribution in [-0.2, 0) is 16.0 Å². The van der Waals surface area contributed by atoms with Crippen molar-refractivity contribution in [3.8, 4) is 5.75 Å². The van der Waals surface area contributed by atoms with Gasteiger partial charge in [-0.25, -0.2) is 0 Å². The zero-order valence-corrected chi connectivity index (χ0v) is 20.5. The zero-order chi connectivity index (χ0) is 24.0. The van der Waals surface area contributed by atoms with Gasteiger partial charge in [-0.2, -0.15) is 0 Å². The van der Waals surface area contributed by atoms with Gasteiger partial charge in [0, 0.05) is 33.8 Å². The second kappa shape index (κ2) is 8.96. The fourth-order valence-corrected chi connectivity index (χ4v) is 5.79. The molecule has 0 radical (unpaired) electrons. The molecule has 2 heterocycles. The van der Waals surface area contributed by atoms with E-state index in [1.807, 2.05) is 25.1 Å². The van der Waals surface area contributed by atoms with E-state index >= 15 is 0 Å². The normalized spacial score (nSPS) is 22.6. The number of rotatable bonds is 10. The summed E-state index contributed by atoms with van der Waals surface area (Å²) < 4.78 is 13.2. The Morgan fingerprint density at radius 2 is 2.09 bits per heavy atom. The molecule has 0 spiro atoms. The number of nitrogens with one attached hydrogen (secondary N) is 1. The van der Waals surface area contributed by atoms with E-state index in [4.69, 9.17) is 9.47 Å². The van der Waals surface area contributed by atoms with Crippen LogP contribution < -0.4 is 10.1 Å². The highest BCUT2D eigenvalue weighted by molar-refractivity contribution is 7.17. The molecule has 1 fully saturated rings. The maximum atomic E-state index is 11.3. The van der Waals surface area contributed by atoms with Crippen molar-refractivity contribution >= 4 is 27.4 Å². The van der Waals surface area contributed by atoms with Crippen molar-refractivity contribution in [2.45, 2.75) is 57.0 Å². The number of carbonyl (C=O) groups is 1. The van der Waals surface area contributed by atoms with Crippen LogP contribution in [0.2, 0.25) is 0 Å². The number of ether oxygens (including phenoxy) is 2. The molecule has 180 valence electrons. The van der Waals surface area contributed by atoms with E-state index in [0.717, 1.165) is 23.3 Å². The Morgan fingerprint density at radius 3 is 2.88 bits per heavy atom. The summed E-state index contributed by atoms with van der Waals surface area (Å²) in [6, 6.07) is 14.5. The molecule has 1 unspecified atom stereocenters. The zero-order valence-electron chi connectivity index (χ0n) is 19.7. The molecule has 1 saturated carbocycles. The molecule has 6 nitrogen and oxygen atoms in total. The van der Waals surface area contributed by atoms with E-state index in [9.17, 15) is 15.0 Å². The van der Waals surface area contributed by atoms with Crippen molar-refractivity contribution in [2.24, 2.45) is 5.92 Å². The summed E-state index contributed by atoms with van der Waals surface area (Å²) in [5, 5.41) is 26.7. The van der Waals surface area contributed by atoms with Gasteiger partial charge in [0.25, 0.3) is 0 Å². The van der Waals surface area contributed by atoms with E-state index in [1.54, 1.807) is 11.3 Å². The van der Waals surface area contributed by atoms with E-state index in [0.29, 0.717) is 6.54 Å². The van der Waals surface area contributed by atoms with Crippen LogP contribution in [0.25, 0.3) is 10.1 Å². The van der Waals surface area contributed by atoms with Gasteiger partial charge >= 0.3 is 5.97 Å². The van der Waals surface area contributed by atoms with Crippen molar-refractivity contribution in [2.75, 3.05) is 13.2 Å². The van der Waals surface area contributed by atoms with Crippen LogP contribution in [-0.4, -0.2) is 47.1 Å². The maximum absolute atomic E-state index is 11.3. The van der Waals surface area contributed by atoms with Gasteiger partial charge < -0.3 is 25.0 Å². The summed E-state index contributed by atoms with van der Waals surface area (Å²) in [5.41, 5.74) is 2.95. The summed E-state index contributed by atoms with van der Waals surface area (Å²) in [6.45, 7) is 6.83. The van der Waals surface area contributed by atoms with E-state index in [-0.39, 0.29) is 30.3 Å². The Balaban J connectivity index is 1.12. The van der Waals surface area contributed by atoms with Crippen LogP contribution in [0.1, 0.15) is 49.5 Å². The fraction of sp³-hybridized carbons (Fsp3) is 0.444. The third-order valence-corrected chi connectivity index (χ3v) is 7.78. The number of aliphatic carboxylic acids is 1. The summed E-state index contributed by atoms with van der Waals surface area (Å²) >= 11 is 1.75. The fourth-order valence-electron chi connectivity index (χ4n) is 5.02. The van der Waals surface area contributed by atoms with E-state index in [2.05, 4.69) is 48.8 Å². The second-order valence-corrected chi connectivity index (χ2v) is 11.0. The molecule has 7 heteroatoms. The highest BCUT2D eigenvalue weighted by Gasteiger charge is 2.63. The molecule has 1 aliphatic carbocycles. The molecule has 0 saturated heterocycles. The molecule has 3 N–H and O–H groups in total. The summed E-state index contributed by atoms with van der Waals surface area (Å²) in [4.78, 5) is 11.3. The van der Waals surface area contributed by atoms with Crippen LogP contribution in [0.4, 0.5) is 0 Å². The van der Waals surface area contributed by atoms with E-state index < -0.39 is 18.0 Å². The third-order valence-electron chi connectivity index (χ3n) is 6.88. The average Bonchev–Trinajstić information content (AvgIpc) is 3.12. The first-order chi connectivity index (χ1) is 16.2. The number of β-amino-alcohol motifs (C(OH)–C–C–N with tert-alkyl or cyclic N) is 1. The quantitative estimate of drug-likeness (QED) is 0.395. The number of carboxylic acid groups (broad SMARTS) is 1. The predicted molar refractivity (Wildman–Crippen MR) is 133 cm³/mol. The van der Waals surface area contributed by atoms with Gasteiger partial charge in [0.2, 0.25) is 0 Å². The van der Waals surface area contributed by atoms with Crippen LogP contribution >= 0.6 is 11.3 Å². The molecule has 0 bridgehead atoms. The van der Waals surface area contributed by atoms with Gasteiger partial charge in [0.05, 0.1) is 18.8 Å². The number of thiophene rings is 1. The Bertz CT molecular complexity index is 1200. The van der Waals surface area contributed by atoms with Crippen LogP contribution in [0, 0.1) is 5.92 Å². The highest BCUT2D eigenvalue weighted by atomic mass is 32.1. The molecular weight excluding hydrogens is 450 g/mol. The van der Waals surface area contributed by atoms with Gasteiger partial charge in [0.15, 0.2) is 0 Å². The summed E-state index contributed by atoms with van der Waals surface area (Å²) in [5.74, 6) is -0.556. The number of hydrogen-bond donors (Lipinski definition) is 3. The molecule has 1 aromatic heterocycles. The minimum Gasteiger partial charge on any atom is -0.488 e. The van der Waals surface area contributed by atoms with E-state index in [1.165, 1.54) is 15.6 Å². The molecule has 5 rings (SSSR count). The average molecular weight is 482 g/mol. The molecule has 5 atom stereocenters. The lowest BCUT2D eigenvalue weighted by Crippen LogP contribution is -2.46. The second-order valence-electron chi connectivity index (χ2n) is 10.1. The minimum absolute atomic E-state index is 0.0582. The Kier molecular flexibility index (Phi) is 6.14. The van der Waals surface area contributed by atoms with Gasteiger partial charge in [-0.15, -0.1) is 11.3 Å². The number of aliphatic hydroxyl groups is 1. The SMILES string of the molecule is C[C@@H](OCC(O)CNC(C)(C)Cc1ccc2sccc2c1)c1cccc2c1O[C@@H]1[C@@H](C(=O)O)[C@H]21. The first-order valence-corrected chi connectivity index (χ1v) is 12.6. The van der Waals surface area contributed by atoms with Crippen molar-refractivity contribution in [3.05, 3.63) is 64.5 Å². The molecule has 2 aromatic carbocycles. The largest absolute Gasteiger partial charge is 0.488 e. The lowest BCUT2D eigenvalue weighted by molar-refractivity contribution is -0.139. The summed E-state index contributed by atoms with van der Waals surface area (Å²) in [6.07, 6.45) is -0.326.